The van der Waals surface area contributed by atoms with Gasteiger partial charge in [-0.2, -0.15) is 5.10 Å². The predicted molar refractivity (Wildman–Crippen MR) is 102 cm³/mol. The lowest BCUT2D eigenvalue weighted by atomic mass is 9.90. The standard InChI is InChI=1S/C18H26N4OS/c24-18(19-9-4-10-22-11-13-23-14-12-22)21-20-17-8-3-6-15-5-1-2-7-16(15)17/h1-2,5,7H,3-4,6,8-14H2,(H2,19,21,24)/b20-17-. The summed E-state index contributed by atoms with van der Waals surface area (Å²) in [7, 11) is 0. The average molecular weight is 347 g/mol. The van der Waals surface area contributed by atoms with Gasteiger partial charge in [-0.3, -0.25) is 10.3 Å². The molecule has 0 spiro atoms. The van der Waals surface area contributed by atoms with Crippen molar-refractivity contribution in [2.75, 3.05) is 39.4 Å². The molecule has 1 aliphatic heterocycles. The molecular weight excluding hydrogens is 320 g/mol. The Hall–Kier alpha value is -1.50. The maximum atomic E-state index is 5.36. The number of fused-ring (bicyclic) bond motifs is 1. The lowest BCUT2D eigenvalue weighted by Gasteiger charge is -2.26. The summed E-state index contributed by atoms with van der Waals surface area (Å²) in [5.74, 6) is 0. The van der Waals surface area contributed by atoms with Crippen LogP contribution in [0.1, 0.15) is 30.4 Å². The maximum absolute atomic E-state index is 5.36. The third-order valence-corrected chi connectivity index (χ3v) is 4.76. The Morgan fingerprint density at radius 1 is 1.21 bits per heavy atom. The van der Waals surface area contributed by atoms with Crippen molar-refractivity contribution in [2.45, 2.75) is 25.7 Å². The number of aryl methyl sites for hydroxylation is 1. The van der Waals surface area contributed by atoms with Crippen LogP contribution in [0.2, 0.25) is 0 Å². The molecule has 3 rings (SSSR count). The number of hydrazone groups is 1. The van der Waals surface area contributed by atoms with Gasteiger partial charge in [0.05, 0.1) is 18.9 Å². The predicted octanol–water partition coefficient (Wildman–Crippen LogP) is 1.91. The molecule has 24 heavy (non-hydrogen) atoms. The van der Waals surface area contributed by atoms with Crippen LogP contribution >= 0.6 is 12.2 Å². The largest absolute Gasteiger partial charge is 0.379 e. The Labute approximate surface area is 149 Å². The first-order valence-electron chi connectivity index (χ1n) is 8.82. The van der Waals surface area contributed by atoms with Gasteiger partial charge in [-0.25, -0.2) is 0 Å². The number of benzene rings is 1. The molecule has 0 saturated carbocycles. The second kappa shape index (κ2) is 9.11. The molecule has 2 aliphatic rings. The molecule has 1 aromatic rings. The highest BCUT2D eigenvalue weighted by molar-refractivity contribution is 7.80. The topological polar surface area (TPSA) is 48.9 Å². The number of hydrogen-bond donors (Lipinski definition) is 2. The van der Waals surface area contributed by atoms with Gasteiger partial charge >= 0.3 is 0 Å². The lowest BCUT2D eigenvalue weighted by molar-refractivity contribution is 0.0376. The number of rotatable bonds is 5. The first-order chi connectivity index (χ1) is 11.8. The Balaban J connectivity index is 1.39. The fourth-order valence-corrected chi connectivity index (χ4v) is 3.35. The molecule has 6 heteroatoms. The minimum atomic E-state index is 0.604. The third-order valence-electron chi connectivity index (χ3n) is 4.52. The first-order valence-corrected chi connectivity index (χ1v) is 9.22. The molecule has 0 atom stereocenters. The van der Waals surface area contributed by atoms with E-state index < -0.39 is 0 Å². The van der Waals surface area contributed by atoms with E-state index in [0.717, 1.165) is 70.8 Å². The van der Waals surface area contributed by atoms with Crippen LogP contribution in [0.15, 0.2) is 29.4 Å². The van der Waals surface area contributed by atoms with Gasteiger partial charge in [-0.1, -0.05) is 24.3 Å². The molecule has 0 bridgehead atoms. The minimum Gasteiger partial charge on any atom is -0.379 e. The zero-order chi connectivity index (χ0) is 16.6. The summed E-state index contributed by atoms with van der Waals surface area (Å²) in [5, 5.41) is 8.37. The van der Waals surface area contributed by atoms with Crippen LogP contribution in [-0.2, 0) is 11.2 Å². The summed E-state index contributed by atoms with van der Waals surface area (Å²) < 4.78 is 5.36. The molecule has 0 unspecified atom stereocenters. The monoisotopic (exact) mass is 346 g/mol. The number of hydrogen-bond acceptors (Lipinski definition) is 4. The molecule has 0 aromatic heterocycles. The van der Waals surface area contributed by atoms with Crippen LogP contribution in [-0.4, -0.2) is 55.1 Å². The van der Waals surface area contributed by atoms with E-state index in [1.165, 1.54) is 11.1 Å². The average Bonchev–Trinajstić information content (AvgIpc) is 2.64. The summed E-state index contributed by atoms with van der Waals surface area (Å²) >= 11 is 5.33. The second-order valence-electron chi connectivity index (χ2n) is 6.24. The van der Waals surface area contributed by atoms with Gasteiger partial charge in [0.1, 0.15) is 0 Å². The molecular formula is C18H26N4OS. The SMILES string of the molecule is S=C(NCCCN1CCOCC1)N/N=C1/CCCc2ccccc21. The Morgan fingerprint density at radius 2 is 2.04 bits per heavy atom. The summed E-state index contributed by atoms with van der Waals surface area (Å²) in [6, 6.07) is 8.50. The number of nitrogens with zero attached hydrogens (tertiary/aromatic N) is 2. The van der Waals surface area contributed by atoms with E-state index in [4.69, 9.17) is 17.0 Å². The van der Waals surface area contributed by atoms with Crippen molar-refractivity contribution < 1.29 is 4.74 Å². The number of nitrogens with one attached hydrogen (secondary N) is 2. The van der Waals surface area contributed by atoms with Crippen LogP contribution in [0.3, 0.4) is 0 Å². The van der Waals surface area contributed by atoms with Crippen molar-refractivity contribution >= 4 is 23.0 Å². The smallest absolute Gasteiger partial charge is 0.186 e. The highest BCUT2D eigenvalue weighted by Crippen LogP contribution is 2.21. The van der Waals surface area contributed by atoms with Crippen LogP contribution in [0.4, 0.5) is 0 Å². The van der Waals surface area contributed by atoms with Crippen molar-refractivity contribution in [3.63, 3.8) is 0 Å². The van der Waals surface area contributed by atoms with Gasteiger partial charge in [-0.15, -0.1) is 0 Å². The van der Waals surface area contributed by atoms with E-state index >= 15 is 0 Å². The summed E-state index contributed by atoms with van der Waals surface area (Å²) in [4.78, 5) is 2.43. The molecule has 1 saturated heterocycles. The Bertz CT molecular complexity index is 584. The van der Waals surface area contributed by atoms with E-state index in [0.29, 0.717) is 5.11 Å². The molecule has 1 aromatic carbocycles. The lowest BCUT2D eigenvalue weighted by Crippen LogP contribution is -2.39. The fraction of sp³-hybridized carbons (Fsp3) is 0.556. The first kappa shape index (κ1) is 17.3. The van der Waals surface area contributed by atoms with Crippen molar-refractivity contribution in [2.24, 2.45) is 5.10 Å². The Morgan fingerprint density at radius 3 is 2.92 bits per heavy atom. The van der Waals surface area contributed by atoms with E-state index in [2.05, 4.69) is 45.0 Å². The fourth-order valence-electron chi connectivity index (χ4n) is 3.20. The van der Waals surface area contributed by atoms with E-state index in [-0.39, 0.29) is 0 Å². The molecule has 5 nitrogen and oxygen atoms in total. The van der Waals surface area contributed by atoms with Crippen LogP contribution in [0.25, 0.3) is 0 Å². The van der Waals surface area contributed by atoms with Crippen LogP contribution < -0.4 is 10.7 Å². The maximum Gasteiger partial charge on any atom is 0.186 e. The van der Waals surface area contributed by atoms with Crippen molar-refractivity contribution in [1.82, 2.24) is 15.6 Å². The normalized spacial score (nSPS) is 19.8. The van der Waals surface area contributed by atoms with E-state index in [1.807, 2.05) is 0 Å². The van der Waals surface area contributed by atoms with Gasteiger partial charge in [0.15, 0.2) is 5.11 Å². The van der Waals surface area contributed by atoms with Crippen molar-refractivity contribution in [3.05, 3.63) is 35.4 Å². The van der Waals surface area contributed by atoms with Crippen LogP contribution in [0, 0.1) is 0 Å². The van der Waals surface area contributed by atoms with Gasteiger partial charge in [0.2, 0.25) is 0 Å². The molecule has 130 valence electrons. The molecule has 0 amide bonds. The van der Waals surface area contributed by atoms with Gasteiger partial charge in [-0.05, 0) is 50.0 Å². The van der Waals surface area contributed by atoms with Gasteiger partial charge in [0, 0.05) is 25.2 Å². The second-order valence-corrected chi connectivity index (χ2v) is 6.65. The zero-order valence-electron chi connectivity index (χ0n) is 14.1. The summed E-state index contributed by atoms with van der Waals surface area (Å²) in [5.41, 5.74) is 6.75. The summed E-state index contributed by atoms with van der Waals surface area (Å²) in [6.07, 6.45) is 4.36. The molecule has 1 fully saturated rings. The minimum absolute atomic E-state index is 0.604. The van der Waals surface area contributed by atoms with Gasteiger partial charge < -0.3 is 10.1 Å². The molecule has 1 heterocycles. The van der Waals surface area contributed by atoms with Gasteiger partial charge in [0.25, 0.3) is 0 Å². The third kappa shape index (κ3) is 5.00. The van der Waals surface area contributed by atoms with Crippen LogP contribution in [0.5, 0.6) is 0 Å². The highest BCUT2D eigenvalue weighted by atomic mass is 32.1. The quantitative estimate of drug-likeness (QED) is 0.485. The molecule has 1 aliphatic carbocycles. The number of morpholine rings is 1. The van der Waals surface area contributed by atoms with Crippen molar-refractivity contribution in [3.8, 4) is 0 Å². The number of ether oxygens (including phenoxy) is 1. The number of thiocarbonyl (C=S) groups is 1. The van der Waals surface area contributed by atoms with Crippen molar-refractivity contribution in [1.29, 1.82) is 0 Å². The van der Waals surface area contributed by atoms with E-state index in [1.54, 1.807) is 0 Å². The van der Waals surface area contributed by atoms with E-state index in [9.17, 15) is 0 Å². The highest BCUT2D eigenvalue weighted by Gasteiger charge is 2.14. The Kier molecular flexibility index (Phi) is 6.57. The zero-order valence-corrected chi connectivity index (χ0v) is 14.9. The molecule has 0 radical (unpaired) electrons. The molecule has 2 N–H and O–H groups in total. The summed E-state index contributed by atoms with van der Waals surface area (Å²) in [6.45, 7) is 5.73.